The topological polar surface area (TPSA) is 29.5 Å². The molecule has 1 fully saturated rings. The van der Waals surface area contributed by atoms with Crippen LogP contribution in [0.15, 0.2) is 0 Å². The SMILES string of the molecule is CCC(C)C1CCN(C(=O)OC)CC1. The first kappa shape index (κ1) is 11.3. The maximum atomic E-state index is 11.2. The molecule has 0 spiro atoms. The maximum Gasteiger partial charge on any atom is 0.409 e. The van der Waals surface area contributed by atoms with E-state index >= 15 is 0 Å². The van der Waals surface area contributed by atoms with Crippen LogP contribution in [0.2, 0.25) is 0 Å². The predicted molar refractivity (Wildman–Crippen MR) is 56.2 cm³/mol. The van der Waals surface area contributed by atoms with Gasteiger partial charge in [-0.2, -0.15) is 0 Å². The minimum Gasteiger partial charge on any atom is -0.453 e. The molecule has 1 unspecified atom stereocenters. The average molecular weight is 199 g/mol. The molecule has 14 heavy (non-hydrogen) atoms. The van der Waals surface area contributed by atoms with Crippen molar-refractivity contribution in [2.75, 3.05) is 20.2 Å². The van der Waals surface area contributed by atoms with Gasteiger partial charge in [-0.25, -0.2) is 4.79 Å². The fourth-order valence-electron chi connectivity index (χ4n) is 2.11. The van der Waals surface area contributed by atoms with E-state index in [-0.39, 0.29) is 6.09 Å². The number of hydrogen-bond acceptors (Lipinski definition) is 2. The molecule has 3 nitrogen and oxygen atoms in total. The summed E-state index contributed by atoms with van der Waals surface area (Å²) in [4.78, 5) is 13.0. The number of rotatable bonds is 2. The van der Waals surface area contributed by atoms with Crippen molar-refractivity contribution in [2.24, 2.45) is 11.8 Å². The largest absolute Gasteiger partial charge is 0.453 e. The van der Waals surface area contributed by atoms with E-state index in [2.05, 4.69) is 13.8 Å². The highest BCUT2D eigenvalue weighted by Gasteiger charge is 2.25. The second-order valence-electron chi connectivity index (χ2n) is 4.18. The van der Waals surface area contributed by atoms with Crippen LogP contribution in [0, 0.1) is 11.8 Å². The fraction of sp³-hybridized carbons (Fsp3) is 0.909. The zero-order valence-corrected chi connectivity index (χ0v) is 9.45. The first-order valence-corrected chi connectivity index (χ1v) is 5.52. The third-order valence-electron chi connectivity index (χ3n) is 3.42. The van der Waals surface area contributed by atoms with Crippen molar-refractivity contribution in [3.05, 3.63) is 0 Å². The molecule has 0 aromatic carbocycles. The Morgan fingerprint density at radius 1 is 1.50 bits per heavy atom. The van der Waals surface area contributed by atoms with Gasteiger partial charge in [-0.1, -0.05) is 20.3 Å². The Balaban J connectivity index is 2.34. The van der Waals surface area contributed by atoms with Gasteiger partial charge in [-0.3, -0.25) is 0 Å². The van der Waals surface area contributed by atoms with Crippen LogP contribution >= 0.6 is 0 Å². The number of ether oxygens (including phenoxy) is 1. The average Bonchev–Trinajstić information content (AvgIpc) is 2.27. The highest BCUT2D eigenvalue weighted by Crippen LogP contribution is 2.26. The Kier molecular flexibility index (Phi) is 4.23. The van der Waals surface area contributed by atoms with E-state index in [0.717, 1.165) is 37.8 Å². The number of carbonyl (C=O) groups excluding carboxylic acids is 1. The van der Waals surface area contributed by atoms with Crippen LogP contribution in [0.4, 0.5) is 4.79 Å². The standard InChI is InChI=1S/C11H21NO2/c1-4-9(2)10-5-7-12(8-6-10)11(13)14-3/h9-10H,4-8H2,1-3H3. The summed E-state index contributed by atoms with van der Waals surface area (Å²) < 4.78 is 4.70. The summed E-state index contributed by atoms with van der Waals surface area (Å²) in [5.41, 5.74) is 0. The highest BCUT2D eigenvalue weighted by atomic mass is 16.5. The summed E-state index contributed by atoms with van der Waals surface area (Å²) in [5, 5.41) is 0. The Morgan fingerprint density at radius 2 is 2.07 bits per heavy atom. The summed E-state index contributed by atoms with van der Waals surface area (Å²) in [5.74, 6) is 1.58. The Bertz CT molecular complexity index is 186. The van der Waals surface area contributed by atoms with Crippen molar-refractivity contribution >= 4 is 6.09 Å². The van der Waals surface area contributed by atoms with E-state index < -0.39 is 0 Å². The van der Waals surface area contributed by atoms with Gasteiger partial charge in [0.1, 0.15) is 0 Å². The monoisotopic (exact) mass is 199 g/mol. The Hall–Kier alpha value is -0.730. The Labute approximate surface area is 86.4 Å². The molecule has 0 aromatic heterocycles. The second kappa shape index (κ2) is 5.23. The molecule has 1 saturated heterocycles. The van der Waals surface area contributed by atoms with Gasteiger partial charge in [-0.05, 0) is 24.7 Å². The van der Waals surface area contributed by atoms with E-state index in [0.29, 0.717) is 0 Å². The highest BCUT2D eigenvalue weighted by molar-refractivity contribution is 5.67. The lowest BCUT2D eigenvalue weighted by atomic mass is 9.84. The van der Waals surface area contributed by atoms with Crippen LogP contribution < -0.4 is 0 Å². The van der Waals surface area contributed by atoms with Gasteiger partial charge in [0.15, 0.2) is 0 Å². The molecule has 0 saturated carbocycles. The van der Waals surface area contributed by atoms with Crippen LogP contribution in [0.5, 0.6) is 0 Å². The van der Waals surface area contributed by atoms with Gasteiger partial charge in [0, 0.05) is 13.1 Å². The van der Waals surface area contributed by atoms with E-state index in [1.807, 2.05) is 0 Å². The molecule has 1 rings (SSSR count). The van der Waals surface area contributed by atoms with Crippen molar-refractivity contribution in [3.8, 4) is 0 Å². The van der Waals surface area contributed by atoms with Crippen LogP contribution in [-0.2, 0) is 4.74 Å². The second-order valence-corrected chi connectivity index (χ2v) is 4.18. The summed E-state index contributed by atoms with van der Waals surface area (Å²) in [6, 6.07) is 0. The fourth-order valence-corrected chi connectivity index (χ4v) is 2.11. The number of hydrogen-bond donors (Lipinski definition) is 0. The van der Waals surface area contributed by atoms with E-state index in [9.17, 15) is 4.79 Å². The van der Waals surface area contributed by atoms with Crippen LogP contribution in [-0.4, -0.2) is 31.2 Å². The zero-order chi connectivity index (χ0) is 10.6. The molecule has 82 valence electrons. The molecule has 1 aliphatic heterocycles. The van der Waals surface area contributed by atoms with Gasteiger partial charge in [-0.15, -0.1) is 0 Å². The molecular weight excluding hydrogens is 178 g/mol. The Morgan fingerprint density at radius 3 is 2.50 bits per heavy atom. The van der Waals surface area contributed by atoms with Crippen molar-refractivity contribution < 1.29 is 9.53 Å². The predicted octanol–water partition coefficient (Wildman–Crippen LogP) is 2.51. The number of piperidine rings is 1. The molecule has 3 heteroatoms. The molecule has 1 amide bonds. The molecule has 0 aromatic rings. The lowest BCUT2D eigenvalue weighted by Gasteiger charge is -2.33. The maximum absolute atomic E-state index is 11.2. The number of methoxy groups -OCH3 is 1. The van der Waals surface area contributed by atoms with Gasteiger partial charge in [0.05, 0.1) is 7.11 Å². The minimum atomic E-state index is -0.174. The lowest BCUT2D eigenvalue weighted by Crippen LogP contribution is -2.39. The minimum absolute atomic E-state index is 0.174. The molecule has 1 aliphatic rings. The molecule has 0 aliphatic carbocycles. The number of nitrogens with zero attached hydrogens (tertiary/aromatic N) is 1. The van der Waals surface area contributed by atoms with E-state index in [4.69, 9.17) is 4.74 Å². The van der Waals surface area contributed by atoms with Crippen LogP contribution in [0.1, 0.15) is 33.1 Å². The zero-order valence-electron chi connectivity index (χ0n) is 9.45. The lowest BCUT2D eigenvalue weighted by molar-refractivity contribution is 0.0975. The third-order valence-corrected chi connectivity index (χ3v) is 3.42. The summed E-state index contributed by atoms with van der Waals surface area (Å²) in [6.45, 7) is 6.26. The third kappa shape index (κ3) is 2.63. The van der Waals surface area contributed by atoms with Gasteiger partial charge in [0.2, 0.25) is 0 Å². The molecular formula is C11H21NO2. The summed E-state index contributed by atoms with van der Waals surface area (Å²) in [6.07, 6.45) is 3.32. The van der Waals surface area contributed by atoms with Crippen molar-refractivity contribution in [1.29, 1.82) is 0 Å². The van der Waals surface area contributed by atoms with E-state index in [1.54, 1.807) is 4.90 Å². The summed E-state index contributed by atoms with van der Waals surface area (Å²) >= 11 is 0. The van der Waals surface area contributed by atoms with Crippen molar-refractivity contribution in [1.82, 2.24) is 4.90 Å². The van der Waals surface area contributed by atoms with Gasteiger partial charge in [0.25, 0.3) is 0 Å². The number of likely N-dealkylation sites (tertiary alicyclic amines) is 1. The first-order chi connectivity index (χ1) is 6.69. The molecule has 1 heterocycles. The van der Waals surface area contributed by atoms with Crippen LogP contribution in [0.25, 0.3) is 0 Å². The molecule has 0 radical (unpaired) electrons. The number of carbonyl (C=O) groups is 1. The van der Waals surface area contributed by atoms with Gasteiger partial charge >= 0.3 is 6.09 Å². The molecule has 0 N–H and O–H groups in total. The molecule has 0 bridgehead atoms. The first-order valence-electron chi connectivity index (χ1n) is 5.52. The van der Waals surface area contributed by atoms with Crippen molar-refractivity contribution in [3.63, 3.8) is 0 Å². The van der Waals surface area contributed by atoms with E-state index in [1.165, 1.54) is 13.5 Å². The normalized spacial score (nSPS) is 20.6. The number of amides is 1. The van der Waals surface area contributed by atoms with Crippen molar-refractivity contribution in [2.45, 2.75) is 33.1 Å². The smallest absolute Gasteiger partial charge is 0.409 e. The molecule has 1 atom stereocenters. The quantitative estimate of drug-likeness (QED) is 0.684. The van der Waals surface area contributed by atoms with Crippen LogP contribution in [0.3, 0.4) is 0 Å². The van der Waals surface area contributed by atoms with Gasteiger partial charge < -0.3 is 9.64 Å². The summed E-state index contributed by atoms with van der Waals surface area (Å²) in [7, 11) is 1.45.